The van der Waals surface area contributed by atoms with Crippen molar-refractivity contribution in [2.75, 3.05) is 18.5 Å². The number of fused-ring (bicyclic) bond motifs is 1. The summed E-state index contributed by atoms with van der Waals surface area (Å²) in [6.45, 7) is 0.308. The van der Waals surface area contributed by atoms with Crippen LogP contribution in [0.3, 0.4) is 0 Å². The molecule has 0 saturated carbocycles. The number of carbonyl (C=O) groups is 2. The fourth-order valence-electron chi connectivity index (χ4n) is 3.08. The normalized spacial score (nSPS) is 10.3. The third-order valence-electron chi connectivity index (χ3n) is 4.67. The number of carboxylic acids is 1. The molecule has 0 radical (unpaired) electrons. The van der Waals surface area contributed by atoms with E-state index in [0.29, 0.717) is 22.2 Å². The van der Waals surface area contributed by atoms with E-state index in [2.05, 4.69) is 15.3 Å². The summed E-state index contributed by atoms with van der Waals surface area (Å²) in [5.74, 6) is -1.14. The van der Waals surface area contributed by atoms with Gasteiger partial charge in [0.25, 0.3) is 5.91 Å². The molecular weight excluding hydrogens is 488 g/mol. The summed E-state index contributed by atoms with van der Waals surface area (Å²) in [6.07, 6.45) is 1.52. The van der Waals surface area contributed by atoms with Gasteiger partial charge in [-0.1, -0.05) is 35.3 Å². The van der Waals surface area contributed by atoms with Crippen molar-refractivity contribution in [3.05, 3.63) is 88.0 Å². The van der Waals surface area contributed by atoms with Gasteiger partial charge in [0, 0.05) is 5.02 Å². The summed E-state index contributed by atoms with van der Waals surface area (Å²) < 4.78 is 11.2. The Bertz CT molecular complexity index is 1390. The number of para-hydroxylation sites is 2. The van der Waals surface area contributed by atoms with Gasteiger partial charge in [0.15, 0.2) is 0 Å². The molecule has 1 aromatic heterocycles. The third-order valence-corrected chi connectivity index (χ3v) is 5.22. The number of carboxylic acid groups (broad SMARTS) is 1. The van der Waals surface area contributed by atoms with Crippen LogP contribution in [0.1, 0.15) is 20.7 Å². The summed E-state index contributed by atoms with van der Waals surface area (Å²) in [5.41, 5.74) is 1.59. The van der Waals surface area contributed by atoms with Crippen LogP contribution in [0.5, 0.6) is 11.6 Å². The zero-order valence-corrected chi connectivity index (χ0v) is 19.0. The number of nitrogens with one attached hydrogen (secondary N) is 1. The minimum atomic E-state index is -1.23. The van der Waals surface area contributed by atoms with E-state index < -0.39 is 11.9 Å². The van der Waals surface area contributed by atoms with Gasteiger partial charge in [0.2, 0.25) is 5.88 Å². The Hall–Kier alpha value is -3.28. The molecule has 2 N–H and O–H groups in total. The number of ether oxygens (including phenoxy) is 2. The molecule has 3 aromatic carbocycles. The number of hydrogen-bond acceptors (Lipinski definition) is 6. The van der Waals surface area contributed by atoms with Crippen LogP contribution in [0.2, 0.25) is 10.0 Å². The predicted octanol–water partition coefficient (Wildman–Crippen LogP) is 4.70. The van der Waals surface area contributed by atoms with Crippen molar-refractivity contribution in [3.8, 4) is 11.6 Å². The number of aromatic carboxylic acids is 1. The molecule has 1 heterocycles. The zero-order valence-electron chi connectivity index (χ0n) is 17.5. The molecule has 0 aliphatic heterocycles. The minimum absolute atomic E-state index is 0. The SMILES string of the molecule is O=C(Nc1ccc(OCCOc2cnc3ccccc3n2)cc1C(=O)O)c1ccc(Cl)cc1Cl.[LiH]. The first-order valence-corrected chi connectivity index (χ1v) is 10.8. The molecule has 1 amide bonds. The zero-order chi connectivity index (χ0) is 24.1. The van der Waals surface area contributed by atoms with Gasteiger partial charge in [-0.05, 0) is 48.5 Å². The Morgan fingerprint density at radius 1 is 0.914 bits per heavy atom. The molecule has 0 aliphatic carbocycles. The molecule has 4 rings (SSSR count). The summed E-state index contributed by atoms with van der Waals surface area (Å²) in [4.78, 5) is 32.9. The number of benzene rings is 3. The van der Waals surface area contributed by atoms with Crippen LogP contribution in [0.25, 0.3) is 11.0 Å². The molecule has 0 saturated heterocycles. The van der Waals surface area contributed by atoms with E-state index in [0.717, 1.165) is 5.52 Å². The van der Waals surface area contributed by atoms with Crippen LogP contribution in [0.4, 0.5) is 5.69 Å². The van der Waals surface area contributed by atoms with Gasteiger partial charge in [-0.25, -0.2) is 14.8 Å². The van der Waals surface area contributed by atoms with E-state index in [1.54, 1.807) is 6.07 Å². The fraction of sp³-hybridized carbons (Fsp3) is 0.0833. The Kier molecular flexibility index (Phi) is 8.96. The molecule has 0 spiro atoms. The van der Waals surface area contributed by atoms with Crippen molar-refractivity contribution in [2.45, 2.75) is 0 Å². The van der Waals surface area contributed by atoms with Crippen molar-refractivity contribution in [1.29, 1.82) is 0 Å². The van der Waals surface area contributed by atoms with Gasteiger partial charge in [-0.2, -0.15) is 0 Å². The summed E-state index contributed by atoms with van der Waals surface area (Å²) in [5, 5.41) is 12.7. The van der Waals surface area contributed by atoms with Gasteiger partial charge in [0.1, 0.15) is 19.0 Å². The van der Waals surface area contributed by atoms with Crippen LogP contribution in [0.15, 0.2) is 66.9 Å². The molecular formula is C24H18Cl2LiN3O5. The number of aromatic nitrogens is 2. The quantitative estimate of drug-likeness (QED) is 0.263. The van der Waals surface area contributed by atoms with Crippen LogP contribution in [-0.4, -0.2) is 59.0 Å². The summed E-state index contributed by atoms with van der Waals surface area (Å²) in [7, 11) is 0. The van der Waals surface area contributed by atoms with E-state index >= 15 is 0 Å². The average molecular weight is 506 g/mol. The van der Waals surface area contributed by atoms with Crippen molar-refractivity contribution < 1.29 is 24.2 Å². The van der Waals surface area contributed by atoms with Crippen LogP contribution in [-0.2, 0) is 0 Å². The first-order chi connectivity index (χ1) is 16.4. The monoisotopic (exact) mass is 505 g/mol. The van der Waals surface area contributed by atoms with E-state index in [1.807, 2.05) is 24.3 Å². The number of anilines is 1. The number of amides is 1. The molecule has 35 heavy (non-hydrogen) atoms. The van der Waals surface area contributed by atoms with E-state index in [-0.39, 0.29) is 53.9 Å². The first-order valence-electron chi connectivity index (χ1n) is 10.0. The van der Waals surface area contributed by atoms with Crippen LogP contribution >= 0.6 is 23.2 Å². The Morgan fingerprint density at radius 2 is 1.66 bits per heavy atom. The topological polar surface area (TPSA) is 111 Å². The fourth-order valence-corrected chi connectivity index (χ4v) is 3.57. The number of nitrogens with zero attached hydrogens (tertiary/aromatic N) is 2. The Balaban J connectivity index is 0.00000342. The molecule has 0 aliphatic rings. The van der Waals surface area contributed by atoms with E-state index in [1.165, 1.54) is 36.5 Å². The second kappa shape index (κ2) is 11.9. The van der Waals surface area contributed by atoms with Gasteiger partial charge in [-0.15, -0.1) is 0 Å². The molecule has 8 nitrogen and oxygen atoms in total. The number of hydrogen-bond donors (Lipinski definition) is 2. The molecule has 4 aromatic rings. The van der Waals surface area contributed by atoms with Crippen LogP contribution in [0, 0.1) is 0 Å². The van der Waals surface area contributed by atoms with Crippen molar-refractivity contribution in [1.82, 2.24) is 9.97 Å². The van der Waals surface area contributed by atoms with Crippen molar-refractivity contribution >= 4 is 70.7 Å². The van der Waals surface area contributed by atoms with E-state index in [9.17, 15) is 14.7 Å². The Labute approximate surface area is 222 Å². The maximum absolute atomic E-state index is 12.5. The Morgan fingerprint density at radius 3 is 2.40 bits per heavy atom. The molecule has 0 bridgehead atoms. The summed E-state index contributed by atoms with van der Waals surface area (Å²) >= 11 is 11.9. The van der Waals surface area contributed by atoms with Crippen LogP contribution < -0.4 is 14.8 Å². The van der Waals surface area contributed by atoms with Crippen molar-refractivity contribution in [2.24, 2.45) is 0 Å². The molecule has 11 heteroatoms. The molecule has 174 valence electrons. The van der Waals surface area contributed by atoms with Gasteiger partial charge in [-0.3, -0.25) is 4.79 Å². The number of rotatable bonds is 8. The van der Waals surface area contributed by atoms with E-state index in [4.69, 9.17) is 32.7 Å². The number of carbonyl (C=O) groups excluding carboxylic acids is 1. The second-order valence-electron chi connectivity index (χ2n) is 6.98. The molecule has 0 fully saturated rings. The van der Waals surface area contributed by atoms with Gasteiger partial charge >= 0.3 is 24.8 Å². The third kappa shape index (κ3) is 6.65. The van der Waals surface area contributed by atoms with Gasteiger partial charge in [0.05, 0.1) is 39.1 Å². The molecule has 0 unspecified atom stereocenters. The maximum atomic E-state index is 12.5. The summed E-state index contributed by atoms with van der Waals surface area (Å²) in [6, 6.07) is 16.1. The first kappa shape index (κ1) is 26.3. The molecule has 0 atom stereocenters. The van der Waals surface area contributed by atoms with Gasteiger partial charge < -0.3 is 19.9 Å². The predicted molar refractivity (Wildman–Crippen MR) is 135 cm³/mol. The van der Waals surface area contributed by atoms with Crippen molar-refractivity contribution in [3.63, 3.8) is 0 Å². The second-order valence-corrected chi connectivity index (χ2v) is 7.83. The average Bonchev–Trinajstić information content (AvgIpc) is 2.82. The number of halogens is 2. The standard InChI is InChI=1S/C24H17Cl2N3O5.Li.H/c25-14-5-7-16(18(26)11-14)23(30)29-19-8-6-15(12-17(19)24(31)32)33-9-10-34-22-13-27-20-3-1-2-4-21(20)28-22;;/h1-8,11-13H,9-10H2,(H,29,30)(H,31,32);;.